The van der Waals surface area contributed by atoms with E-state index in [2.05, 4.69) is 20.7 Å². The molecule has 2 aromatic heterocycles. The smallest absolute Gasteiger partial charge is 0.225 e. The monoisotopic (exact) mass is 313 g/mol. The minimum atomic E-state index is -0.143. The number of rotatable bonds is 4. The first-order chi connectivity index (χ1) is 11.1. The molecule has 3 heterocycles. The highest BCUT2D eigenvalue weighted by atomic mass is 16.2. The maximum Gasteiger partial charge on any atom is 0.225 e. The van der Waals surface area contributed by atoms with Gasteiger partial charge in [-0.15, -0.1) is 0 Å². The lowest BCUT2D eigenvalue weighted by Gasteiger charge is -2.21. The molecule has 1 fully saturated rings. The number of nitrogens with one attached hydrogen (secondary N) is 2. The van der Waals surface area contributed by atoms with Crippen molar-refractivity contribution in [1.82, 2.24) is 25.4 Å². The minimum absolute atomic E-state index is 0.0178. The van der Waals surface area contributed by atoms with Crippen molar-refractivity contribution in [2.45, 2.75) is 19.4 Å². The van der Waals surface area contributed by atoms with Crippen LogP contribution in [-0.2, 0) is 23.2 Å². The highest BCUT2D eigenvalue weighted by Gasteiger charge is 2.23. The Bertz CT molecular complexity index is 698. The summed E-state index contributed by atoms with van der Waals surface area (Å²) in [5.74, 6) is -0.152. The van der Waals surface area contributed by atoms with Crippen LogP contribution in [-0.4, -0.2) is 33.1 Å². The molecule has 1 aliphatic heterocycles. The largest absolute Gasteiger partial charge is 0.355 e. The fourth-order valence-corrected chi connectivity index (χ4v) is 2.54. The van der Waals surface area contributed by atoms with Crippen molar-refractivity contribution in [1.29, 1.82) is 0 Å². The lowest BCUT2D eigenvalue weighted by Crippen LogP contribution is -2.42. The molecule has 7 heteroatoms. The summed E-state index contributed by atoms with van der Waals surface area (Å²) in [7, 11) is 1.86. The zero-order valence-corrected chi connectivity index (χ0v) is 13.0. The van der Waals surface area contributed by atoms with Crippen LogP contribution < -0.4 is 10.6 Å². The van der Waals surface area contributed by atoms with Gasteiger partial charge in [0.25, 0.3) is 0 Å². The van der Waals surface area contributed by atoms with E-state index >= 15 is 0 Å². The van der Waals surface area contributed by atoms with Gasteiger partial charge in [0.15, 0.2) is 0 Å². The van der Waals surface area contributed by atoms with E-state index in [1.165, 1.54) is 0 Å². The Balaban J connectivity index is 1.54. The number of hydrogen-bond donors (Lipinski definition) is 2. The van der Waals surface area contributed by atoms with Gasteiger partial charge in [0.2, 0.25) is 11.8 Å². The van der Waals surface area contributed by atoms with Gasteiger partial charge < -0.3 is 10.6 Å². The zero-order valence-electron chi connectivity index (χ0n) is 13.0. The standard InChI is InChI=1S/C16H19N5O2/c1-21-10-13(9-20-21)14-4-2-11(6-17-14)7-19-16(23)12-3-5-15(22)18-8-12/h2,4,6,9-10,12H,3,5,7-8H2,1H3,(H,18,22)(H,19,23). The third kappa shape index (κ3) is 3.74. The molecule has 0 bridgehead atoms. The van der Waals surface area contributed by atoms with Gasteiger partial charge >= 0.3 is 0 Å². The van der Waals surface area contributed by atoms with Gasteiger partial charge in [-0.2, -0.15) is 5.10 Å². The van der Waals surface area contributed by atoms with Crippen LogP contribution in [0.3, 0.4) is 0 Å². The van der Waals surface area contributed by atoms with Crippen LogP contribution in [0.15, 0.2) is 30.7 Å². The molecular weight excluding hydrogens is 294 g/mol. The lowest BCUT2D eigenvalue weighted by atomic mass is 9.98. The molecule has 23 heavy (non-hydrogen) atoms. The van der Waals surface area contributed by atoms with Crippen LogP contribution in [0.2, 0.25) is 0 Å². The van der Waals surface area contributed by atoms with Gasteiger partial charge in [0.1, 0.15) is 0 Å². The molecule has 2 amide bonds. The average Bonchev–Trinajstić information content (AvgIpc) is 3.00. The summed E-state index contributed by atoms with van der Waals surface area (Å²) in [5.41, 5.74) is 2.75. The number of carbonyl (C=O) groups is 2. The van der Waals surface area contributed by atoms with E-state index in [0.29, 0.717) is 25.9 Å². The van der Waals surface area contributed by atoms with Crippen molar-refractivity contribution in [3.05, 3.63) is 36.3 Å². The predicted molar refractivity (Wildman–Crippen MR) is 84.0 cm³/mol. The van der Waals surface area contributed by atoms with Gasteiger partial charge in [-0.3, -0.25) is 19.3 Å². The average molecular weight is 313 g/mol. The van der Waals surface area contributed by atoms with E-state index in [-0.39, 0.29) is 17.7 Å². The molecule has 0 aliphatic carbocycles. The molecule has 0 spiro atoms. The number of hydrogen-bond acceptors (Lipinski definition) is 4. The number of aromatic nitrogens is 3. The van der Waals surface area contributed by atoms with Crippen LogP contribution in [0.1, 0.15) is 18.4 Å². The van der Waals surface area contributed by atoms with E-state index in [9.17, 15) is 9.59 Å². The highest BCUT2D eigenvalue weighted by molar-refractivity contribution is 5.83. The predicted octanol–water partition coefficient (Wildman–Crippen LogP) is 0.624. The lowest BCUT2D eigenvalue weighted by molar-refractivity contribution is -0.129. The SMILES string of the molecule is Cn1cc(-c2ccc(CNC(=O)C3CCC(=O)NC3)cn2)cn1. The zero-order chi connectivity index (χ0) is 16.2. The fourth-order valence-electron chi connectivity index (χ4n) is 2.54. The molecule has 0 aromatic carbocycles. The summed E-state index contributed by atoms with van der Waals surface area (Å²) in [6.45, 7) is 0.854. The number of amides is 2. The molecule has 0 radical (unpaired) electrons. The second kappa shape index (κ2) is 6.60. The quantitative estimate of drug-likeness (QED) is 0.866. The van der Waals surface area contributed by atoms with Crippen molar-refractivity contribution in [3.63, 3.8) is 0 Å². The Morgan fingerprint density at radius 1 is 1.43 bits per heavy atom. The van der Waals surface area contributed by atoms with Crippen LogP contribution in [0, 0.1) is 5.92 Å². The normalized spacial score (nSPS) is 17.6. The van der Waals surface area contributed by atoms with Crippen molar-refractivity contribution in [2.24, 2.45) is 13.0 Å². The summed E-state index contributed by atoms with van der Waals surface area (Å²) in [6, 6.07) is 3.86. The fraction of sp³-hybridized carbons (Fsp3) is 0.375. The molecule has 2 N–H and O–H groups in total. The number of carbonyl (C=O) groups excluding carboxylic acids is 2. The van der Waals surface area contributed by atoms with Crippen LogP contribution >= 0.6 is 0 Å². The van der Waals surface area contributed by atoms with Gasteiger partial charge in [0.05, 0.1) is 17.8 Å². The van der Waals surface area contributed by atoms with Gasteiger partial charge in [-0.05, 0) is 18.1 Å². The van der Waals surface area contributed by atoms with E-state index in [0.717, 1.165) is 16.8 Å². The summed E-state index contributed by atoms with van der Waals surface area (Å²) < 4.78 is 1.73. The van der Waals surface area contributed by atoms with Crippen molar-refractivity contribution >= 4 is 11.8 Å². The van der Waals surface area contributed by atoms with Crippen molar-refractivity contribution in [2.75, 3.05) is 6.54 Å². The van der Waals surface area contributed by atoms with Crippen LogP contribution in [0.25, 0.3) is 11.3 Å². The Hall–Kier alpha value is -2.70. The Morgan fingerprint density at radius 3 is 2.91 bits per heavy atom. The van der Waals surface area contributed by atoms with Crippen LogP contribution in [0.4, 0.5) is 0 Å². The van der Waals surface area contributed by atoms with E-state index in [4.69, 9.17) is 0 Å². The number of piperidine rings is 1. The van der Waals surface area contributed by atoms with Crippen LogP contribution in [0.5, 0.6) is 0 Å². The second-order valence-corrected chi connectivity index (χ2v) is 5.71. The molecule has 0 saturated carbocycles. The summed E-state index contributed by atoms with van der Waals surface area (Å²) in [5, 5.41) is 9.74. The minimum Gasteiger partial charge on any atom is -0.355 e. The summed E-state index contributed by atoms with van der Waals surface area (Å²) in [4.78, 5) is 27.6. The molecule has 1 unspecified atom stereocenters. The van der Waals surface area contributed by atoms with E-state index in [1.807, 2.05) is 25.4 Å². The molecule has 2 aromatic rings. The number of pyridine rings is 1. The Kier molecular flexibility index (Phi) is 4.36. The maximum atomic E-state index is 12.1. The molecule has 1 saturated heterocycles. The maximum absolute atomic E-state index is 12.1. The van der Waals surface area contributed by atoms with Gasteiger partial charge in [0, 0.05) is 44.5 Å². The molecule has 3 rings (SSSR count). The van der Waals surface area contributed by atoms with Crippen molar-refractivity contribution < 1.29 is 9.59 Å². The molecule has 1 aliphatic rings. The van der Waals surface area contributed by atoms with E-state index < -0.39 is 0 Å². The first kappa shape index (κ1) is 15.2. The first-order valence-corrected chi connectivity index (χ1v) is 7.60. The third-order valence-electron chi connectivity index (χ3n) is 3.93. The van der Waals surface area contributed by atoms with Gasteiger partial charge in [-0.1, -0.05) is 6.07 Å². The Labute approximate surface area is 134 Å². The second-order valence-electron chi connectivity index (χ2n) is 5.71. The molecule has 1 atom stereocenters. The Morgan fingerprint density at radius 2 is 2.30 bits per heavy atom. The number of nitrogens with zero attached hydrogens (tertiary/aromatic N) is 3. The summed E-state index contributed by atoms with van der Waals surface area (Å²) in [6.07, 6.45) is 6.45. The van der Waals surface area contributed by atoms with Gasteiger partial charge in [-0.25, -0.2) is 0 Å². The molecular formula is C16H19N5O2. The van der Waals surface area contributed by atoms with Crippen molar-refractivity contribution in [3.8, 4) is 11.3 Å². The first-order valence-electron chi connectivity index (χ1n) is 7.60. The highest BCUT2D eigenvalue weighted by Crippen LogP contribution is 2.16. The third-order valence-corrected chi connectivity index (χ3v) is 3.93. The molecule has 120 valence electrons. The topological polar surface area (TPSA) is 88.9 Å². The molecule has 7 nitrogen and oxygen atoms in total. The van der Waals surface area contributed by atoms with E-state index in [1.54, 1.807) is 17.1 Å². The number of aryl methyl sites for hydroxylation is 1. The summed E-state index contributed by atoms with van der Waals surface area (Å²) >= 11 is 0.